The number of benzene rings is 3. The maximum atomic E-state index is 10.9. The van der Waals surface area contributed by atoms with Crippen molar-refractivity contribution < 1.29 is 5.11 Å². The summed E-state index contributed by atoms with van der Waals surface area (Å²) in [7, 11) is 4.14. The average Bonchev–Trinajstić information content (AvgIpc) is 2.60. The molecule has 0 aromatic heterocycles. The van der Waals surface area contributed by atoms with Gasteiger partial charge in [0, 0.05) is 19.4 Å². The predicted molar refractivity (Wildman–Crippen MR) is 104 cm³/mol. The summed E-state index contributed by atoms with van der Waals surface area (Å²) in [5.74, 6) is 0.426. The number of rotatable bonds is 6. The van der Waals surface area contributed by atoms with Crippen LogP contribution in [-0.4, -0.2) is 24.1 Å². The Labute approximate surface area is 150 Å². The normalized spacial score (nSPS) is 11.0. The van der Waals surface area contributed by atoms with E-state index in [1.165, 1.54) is 16.7 Å². The zero-order chi connectivity index (χ0) is 17.6. The highest BCUT2D eigenvalue weighted by atomic mass is 16.3. The lowest BCUT2D eigenvalue weighted by Crippen LogP contribution is -2.11. The molecule has 1 N–H and O–H groups in total. The van der Waals surface area contributed by atoms with Crippen molar-refractivity contribution in [3.8, 4) is 5.75 Å². The van der Waals surface area contributed by atoms with E-state index >= 15 is 0 Å². The molecule has 0 aliphatic carbocycles. The first-order chi connectivity index (χ1) is 12.1. The van der Waals surface area contributed by atoms with Crippen molar-refractivity contribution >= 4 is 0 Å². The summed E-state index contributed by atoms with van der Waals surface area (Å²) in [6, 6.07) is 24.9. The smallest absolute Gasteiger partial charge is 0.122 e. The summed E-state index contributed by atoms with van der Waals surface area (Å²) in [6.07, 6.45) is 1.49. The Kier molecular flexibility index (Phi) is 5.52. The van der Waals surface area contributed by atoms with Gasteiger partial charge < -0.3 is 10.0 Å². The minimum atomic E-state index is 0.426. The van der Waals surface area contributed by atoms with Crippen LogP contribution in [0, 0.1) is 0 Å². The van der Waals surface area contributed by atoms with Crippen molar-refractivity contribution in [3.63, 3.8) is 0 Å². The summed E-state index contributed by atoms with van der Waals surface area (Å²) in [6.45, 7) is 0.865. The first-order valence-corrected chi connectivity index (χ1v) is 8.68. The second-order valence-electron chi connectivity index (χ2n) is 6.83. The zero-order valence-electron chi connectivity index (χ0n) is 14.9. The Morgan fingerprint density at radius 2 is 1.12 bits per heavy atom. The largest absolute Gasteiger partial charge is 0.507 e. The molecule has 25 heavy (non-hydrogen) atoms. The van der Waals surface area contributed by atoms with Gasteiger partial charge in [-0.3, -0.25) is 0 Å². The lowest BCUT2D eigenvalue weighted by atomic mass is 9.95. The van der Waals surface area contributed by atoms with E-state index < -0.39 is 0 Å². The van der Waals surface area contributed by atoms with Crippen molar-refractivity contribution in [1.29, 1.82) is 0 Å². The summed E-state index contributed by atoms with van der Waals surface area (Å²) >= 11 is 0. The summed E-state index contributed by atoms with van der Waals surface area (Å²) in [5.41, 5.74) is 5.66. The highest BCUT2D eigenvalue weighted by molar-refractivity contribution is 5.48. The number of nitrogens with zero attached hydrogens (tertiary/aromatic N) is 1. The van der Waals surface area contributed by atoms with Gasteiger partial charge in [-0.05, 0) is 41.9 Å². The van der Waals surface area contributed by atoms with Gasteiger partial charge in [0.1, 0.15) is 5.75 Å². The monoisotopic (exact) mass is 331 g/mol. The molecule has 0 heterocycles. The Hall–Kier alpha value is -2.58. The molecule has 2 nitrogen and oxygen atoms in total. The molecular weight excluding hydrogens is 306 g/mol. The fraction of sp³-hybridized carbons (Fsp3) is 0.217. The van der Waals surface area contributed by atoms with Gasteiger partial charge in [-0.25, -0.2) is 0 Å². The average molecular weight is 331 g/mol. The van der Waals surface area contributed by atoms with Gasteiger partial charge in [-0.1, -0.05) is 72.8 Å². The van der Waals surface area contributed by atoms with Crippen LogP contribution in [0.2, 0.25) is 0 Å². The van der Waals surface area contributed by atoms with Crippen LogP contribution in [0.1, 0.15) is 27.8 Å². The van der Waals surface area contributed by atoms with Crippen molar-refractivity contribution in [1.82, 2.24) is 4.90 Å². The Bertz CT molecular complexity index is 748. The van der Waals surface area contributed by atoms with E-state index in [1.807, 2.05) is 36.4 Å². The van der Waals surface area contributed by atoms with Crippen LogP contribution in [0.25, 0.3) is 0 Å². The maximum Gasteiger partial charge on any atom is 0.122 e. The van der Waals surface area contributed by atoms with E-state index in [-0.39, 0.29) is 0 Å². The van der Waals surface area contributed by atoms with Crippen LogP contribution in [0.4, 0.5) is 0 Å². The Morgan fingerprint density at radius 3 is 1.52 bits per heavy atom. The third kappa shape index (κ3) is 4.71. The molecule has 0 saturated carbocycles. The van der Waals surface area contributed by atoms with Crippen LogP contribution in [0.15, 0.2) is 72.8 Å². The van der Waals surface area contributed by atoms with E-state index in [1.54, 1.807) is 0 Å². The van der Waals surface area contributed by atoms with Crippen LogP contribution < -0.4 is 0 Å². The van der Waals surface area contributed by atoms with E-state index in [0.29, 0.717) is 5.75 Å². The van der Waals surface area contributed by atoms with Gasteiger partial charge in [0.15, 0.2) is 0 Å². The molecule has 0 radical (unpaired) electrons. The molecule has 0 spiro atoms. The van der Waals surface area contributed by atoms with Crippen molar-refractivity contribution in [2.45, 2.75) is 19.4 Å². The molecule has 0 bridgehead atoms. The van der Waals surface area contributed by atoms with Crippen molar-refractivity contribution in [2.24, 2.45) is 0 Å². The third-order valence-corrected chi connectivity index (χ3v) is 4.30. The van der Waals surface area contributed by atoms with Gasteiger partial charge in [0.25, 0.3) is 0 Å². The second kappa shape index (κ2) is 8.00. The standard InChI is InChI=1S/C23H25NO/c1-24(2)17-20-15-21(13-18-9-5-3-6-10-18)23(25)22(16-20)14-19-11-7-4-8-12-19/h3-12,15-16,25H,13-14,17H2,1-2H3. The van der Waals surface area contributed by atoms with Gasteiger partial charge in [-0.2, -0.15) is 0 Å². The molecule has 0 amide bonds. The number of hydrogen-bond acceptors (Lipinski definition) is 2. The number of phenols is 1. The SMILES string of the molecule is CN(C)Cc1cc(Cc2ccccc2)c(O)c(Cc2ccccc2)c1. The molecule has 2 heteroatoms. The number of aromatic hydroxyl groups is 1. The molecule has 0 unspecified atom stereocenters. The Balaban J connectivity index is 1.96. The van der Waals surface area contributed by atoms with E-state index in [4.69, 9.17) is 0 Å². The van der Waals surface area contributed by atoms with Crippen molar-refractivity contribution in [2.75, 3.05) is 14.1 Å². The van der Waals surface area contributed by atoms with Gasteiger partial charge in [-0.15, -0.1) is 0 Å². The first-order valence-electron chi connectivity index (χ1n) is 8.68. The van der Waals surface area contributed by atoms with E-state index in [9.17, 15) is 5.11 Å². The lowest BCUT2D eigenvalue weighted by Gasteiger charge is -2.16. The minimum Gasteiger partial charge on any atom is -0.507 e. The second-order valence-corrected chi connectivity index (χ2v) is 6.83. The quantitative estimate of drug-likeness (QED) is 0.711. The van der Waals surface area contributed by atoms with Crippen LogP contribution in [-0.2, 0) is 19.4 Å². The fourth-order valence-corrected chi connectivity index (χ4v) is 3.19. The molecular formula is C23H25NO. The Morgan fingerprint density at radius 1 is 0.680 bits per heavy atom. The first kappa shape index (κ1) is 17.2. The lowest BCUT2D eigenvalue weighted by molar-refractivity contribution is 0.401. The fourth-order valence-electron chi connectivity index (χ4n) is 3.19. The highest BCUT2D eigenvalue weighted by Gasteiger charge is 2.12. The molecule has 0 saturated heterocycles. The van der Waals surface area contributed by atoms with Crippen LogP contribution in [0.3, 0.4) is 0 Å². The molecule has 0 atom stereocenters. The molecule has 3 aromatic carbocycles. The van der Waals surface area contributed by atoms with E-state index in [2.05, 4.69) is 55.4 Å². The van der Waals surface area contributed by atoms with Gasteiger partial charge in [0.05, 0.1) is 0 Å². The number of hydrogen-bond donors (Lipinski definition) is 1. The van der Waals surface area contributed by atoms with Gasteiger partial charge in [0.2, 0.25) is 0 Å². The summed E-state index contributed by atoms with van der Waals surface area (Å²) in [4.78, 5) is 2.16. The minimum absolute atomic E-state index is 0.426. The predicted octanol–water partition coefficient (Wildman–Crippen LogP) is 4.64. The third-order valence-electron chi connectivity index (χ3n) is 4.30. The molecule has 128 valence electrons. The van der Waals surface area contributed by atoms with Gasteiger partial charge >= 0.3 is 0 Å². The molecule has 0 aliphatic rings. The zero-order valence-corrected chi connectivity index (χ0v) is 14.9. The van der Waals surface area contributed by atoms with Crippen LogP contribution in [0.5, 0.6) is 5.75 Å². The molecule has 3 aromatic rings. The summed E-state index contributed by atoms with van der Waals surface area (Å²) in [5, 5.41) is 10.9. The molecule has 0 aliphatic heterocycles. The topological polar surface area (TPSA) is 23.5 Å². The molecule has 3 rings (SSSR count). The number of phenolic OH excluding ortho intramolecular Hbond substituents is 1. The summed E-state index contributed by atoms with van der Waals surface area (Å²) < 4.78 is 0. The van der Waals surface area contributed by atoms with Crippen LogP contribution >= 0.6 is 0 Å². The van der Waals surface area contributed by atoms with Crippen molar-refractivity contribution in [3.05, 3.63) is 101 Å². The maximum absolute atomic E-state index is 10.9. The van der Waals surface area contributed by atoms with E-state index in [0.717, 1.165) is 30.5 Å². The highest BCUT2D eigenvalue weighted by Crippen LogP contribution is 2.29. The molecule has 0 fully saturated rings.